The van der Waals surface area contributed by atoms with Gasteiger partial charge >= 0.3 is 58.4 Å². The number of benzene rings is 1. The summed E-state index contributed by atoms with van der Waals surface area (Å²) in [6.45, 7) is -4.77. The second kappa shape index (κ2) is 6.09. The quantitative estimate of drug-likeness (QED) is 0.451. The molecule has 7 heteroatoms. The van der Waals surface area contributed by atoms with Crippen molar-refractivity contribution < 1.29 is 64.3 Å². The molecule has 0 fully saturated rings. The summed E-state index contributed by atoms with van der Waals surface area (Å²) >= 11 is 1.94. The molecule has 0 saturated carbocycles. The monoisotopic (exact) mass is 339 g/mol. The predicted octanol–water partition coefficient (Wildman–Crippen LogP) is -0.194. The van der Waals surface area contributed by atoms with Crippen LogP contribution in [0.4, 0.5) is 18.6 Å². The van der Waals surface area contributed by atoms with Gasteiger partial charge in [0.1, 0.15) is 0 Å². The molecule has 0 amide bonds. The van der Waals surface area contributed by atoms with Crippen LogP contribution in [0.5, 0.6) is 0 Å². The average molecular weight is 339 g/mol. The third-order valence-corrected chi connectivity index (χ3v) is 2.07. The van der Waals surface area contributed by atoms with E-state index in [1.807, 2.05) is 22.6 Å². The molecule has 72 valence electrons. The van der Waals surface area contributed by atoms with Crippen molar-refractivity contribution in [2.45, 2.75) is 6.32 Å². The molecule has 0 spiro atoms. The zero-order chi connectivity index (χ0) is 10.1. The Morgan fingerprint density at radius 1 is 1.21 bits per heavy atom. The molecule has 2 N–H and O–H groups in total. The Hall–Kier alpha value is 1.24. The van der Waals surface area contributed by atoms with Crippen molar-refractivity contribution in [2.75, 3.05) is 5.73 Å². The Balaban J connectivity index is 0.00000169. The van der Waals surface area contributed by atoms with Crippen molar-refractivity contribution >= 4 is 35.3 Å². The molecule has 1 aromatic carbocycles. The van der Waals surface area contributed by atoms with Crippen molar-refractivity contribution in [1.82, 2.24) is 0 Å². The minimum Gasteiger partial charge on any atom is -0.449 e. The normalized spacial score (nSPS) is 10.9. The number of halogens is 4. The van der Waals surface area contributed by atoms with Crippen molar-refractivity contribution in [3.8, 4) is 0 Å². The molecule has 0 aromatic heterocycles. The van der Waals surface area contributed by atoms with Gasteiger partial charge in [0.05, 0.1) is 0 Å². The van der Waals surface area contributed by atoms with Crippen LogP contribution in [0.1, 0.15) is 5.56 Å². The molecule has 0 radical (unpaired) electrons. The van der Waals surface area contributed by atoms with Crippen molar-refractivity contribution in [2.24, 2.45) is 0 Å². The molecule has 0 unspecified atom stereocenters. The summed E-state index contributed by atoms with van der Waals surface area (Å²) in [5.74, 6) is 0. The maximum Gasteiger partial charge on any atom is 1.00 e. The molecule has 0 bridgehead atoms. The molecule has 14 heavy (non-hydrogen) atoms. The van der Waals surface area contributed by atoms with Gasteiger partial charge in [-0.1, -0.05) is 11.9 Å². The van der Waals surface area contributed by atoms with Gasteiger partial charge in [-0.2, -0.15) is 0 Å². The first-order valence-electron chi connectivity index (χ1n) is 3.63. The Bertz CT molecular complexity index is 298. The molecular weight excluding hydrogens is 332 g/mol. The fraction of sp³-hybridized carbons (Fsp3) is 0.143. The van der Waals surface area contributed by atoms with Crippen molar-refractivity contribution in [3.05, 3.63) is 27.3 Å². The smallest absolute Gasteiger partial charge is 0.449 e. The van der Waals surface area contributed by atoms with Crippen LogP contribution in [0.2, 0.25) is 0 Å². The number of anilines is 1. The van der Waals surface area contributed by atoms with Gasteiger partial charge in [0, 0.05) is 9.26 Å². The van der Waals surface area contributed by atoms with Gasteiger partial charge in [-0.3, -0.25) is 0 Å². The van der Waals surface area contributed by atoms with Gasteiger partial charge in [-0.25, -0.2) is 0 Å². The van der Waals surface area contributed by atoms with E-state index < -0.39 is 13.3 Å². The van der Waals surface area contributed by atoms with Gasteiger partial charge in [0.2, 0.25) is 0 Å². The molecular formula is C7H7BF3IKN. The Kier molecular flexibility index (Phi) is 6.63. The minimum absolute atomic E-state index is 0. The fourth-order valence-electron chi connectivity index (χ4n) is 1.06. The van der Waals surface area contributed by atoms with Crippen LogP contribution < -0.4 is 57.1 Å². The summed E-state index contributed by atoms with van der Waals surface area (Å²) in [5, 5.41) is 0. The molecule has 1 nitrogen and oxygen atoms in total. The number of rotatable bonds is 2. The molecule has 0 aliphatic carbocycles. The average Bonchev–Trinajstić information content (AvgIpc) is 1.78. The third kappa shape index (κ3) is 5.96. The number of hydrogen-bond donors (Lipinski definition) is 1. The first kappa shape index (κ1) is 15.2. The SMILES string of the molecule is Nc1cc(I)cc(C[B-](F)(F)F)c1.[K+]. The molecule has 0 saturated heterocycles. The van der Waals surface area contributed by atoms with Crippen LogP contribution in [-0.2, 0) is 6.32 Å². The molecule has 0 heterocycles. The second-order valence-corrected chi connectivity index (χ2v) is 4.05. The van der Waals surface area contributed by atoms with Crippen LogP contribution >= 0.6 is 22.6 Å². The fourth-order valence-corrected chi connectivity index (χ4v) is 1.82. The minimum atomic E-state index is -4.77. The molecule has 0 atom stereocenters. The van der Waals surface area contributed by atoms with Gasteiger partial charge in [-0.15, -0.1) is 0 Å². The Labute approximate surface area is 137 Å². The molecule has 1 rings (SSSR count). The first-order valence-corrected chi connectivity index (χ1v) is 4.70. The van der Waals surface area contributed by atoms with E-state index in [0.717, 1.165) is 3.57 Å². The summed E-state index contributed by atoms with van der Waals surface area (Å²) in [7, 11) is 0. The summed E-state index contributed by atoms with van der Waals surface area (Å²) in [5.41, 5.74) is 6.02. The molecule has 1 aromatic rings. The largest absolute Gasteiger partial charge is 1.00 e. The van der Waals surface area contributed by atoms with E-state index in [4.69, 9.17) is 5.73 Å². The molecule has 0 aliphatic rings. The Morgan fingerprint density at radius 2 is 1.79 bits per heavy atom. The van der Waals surface area contributed by atoms with Crippen LogP contribution in [0.15, 0.2) is 18.2 Å². The number of nitrogen functional groups attached to an aromatic ring is 1. The number of nitrogens with two attached hydrogens (primary N) is 1. The first-order chi connectivity index (χ1) is 5.87. The van der Waals surface area contributed by atoms with E-state index >= 15 is 0 Å². The summed E-state index contributed by atoms with van der Waals surface area (Å²) in [6, 6.07) is 4.48. The van der Waals surface area contributed by atoms with E-state index in [1.165, 1.54) is 12.1 Å². The van der Waals surface area contributed by atoms with Gasteiger partial charge in [0.25, 0.3) is 0 Å². The zero-order valence-corrected chi connectivity index (χ0v) is 12.9. The standard InChI is InChI=1S/C7H7BF3IN.K/c9-8(10,11)4-5-1-6(12)3-7(13)2-5;/h1-3H,4,13H2;/q-1;+1. The van der Waals surface area contributed by atoms with E-state index in [-0.39, 0.29) is 56.9 Å². The molecule has 0 aliphatic heterocycles. The number of hydrogen-bond acceptors (Lipinski definition) is 1. The maximum atomic E-state index is 12.0. The summed E-state index contributed by atoms with van der Waals surface area (Å²) in [6.07, 6.45) is -0.860. The Morgan fingerprint density at radius 3 is 2.21 bits per heavy atom. The van der Waals surface area contributed by atoms with E-state index in [0.29, 0.717) is 5.69 Å². The summed E-state index contributed by atoms with van der Waals surface area (Å²) < 4.78 is 36.8. The van der Waals surface area contributed by atoms with Crippen LogP contribution in [-0.4, -0.2) is 6.98 Å². The topological polar surface area (TPSA) is 26.0 Å². The van der Waals surface area contributed by atoms with Crippen molar-refractivity contribution in [3.63, 3.8) is 0 Å². The van der Waals surface area contributed by atoms with E-state index in [1.54, 1.807) is 6.07 Å². The second-order valence-electron chi connectivity index (χ2n) is 2.81. The van der Waals surface area contributed by atoms with Crippen molar-refractivity contribution in [1.29, 1.82) is 0 Å². The third-order valence-electron chi connectivity index (χ3n) is 1.45. The van der Waals surface area contributed by atoms with E-state index in [2.05, 4.69) is 0 Å². The van der Waals surface area contributed by atoms with Gasteiger partial charge in [0.15, 0.2) is 0 Å². The van der Waals surface area contributed by atoms with Gasteiger partial charge in [-0.05, 0) is 40.8 Å². The van der Waals surface area contributed by atoms with E-state index in [9.17, 15) is 12.9 Å². The predicted molar refractivity (Wildman–Crippen MR) is 56.4 cm³/mol. The van der Waals surface area contributed by atoms with Gasteiger partial charge < -0.3 is 18.7 Å². The van der Waals surface area contributed by atoms with Crippen LogP contribution in [0.3, 0.4) is 0 Å². The summed E-state index contributed by atoms with van der Waals surface area (Å²) in [4.78, 5) is 0. The van der Waals surface area contributed by atoms with Crippen LogP contribution in [0.25, 0.3) is 0 Å². The zero-order valence-electron chi connectivity index (χ0n) is 7.61. The maximum absolute atomic E-state index is 12.0. The van der Waals surface area contributed by atoms with Crippen LogP contribution in [0, 0.1) is 3.57 Å².